The van der Waals surface area contributed by atoms with Crippen molar-refractivity contribution in [3.05, 3.63) is 47.7 Å². The summed E-state index contributed by atoms with van der Waals surface area (Å²) in [5, 5.41) is 8.70. The summed E-state index contributed by atoms with van der Waals surface area (Å²) in [6.07, 6.45) is 2.80. The van der Waals surface area contributed by atoms with E-state index in [1.165, 1.54) is 12.3 Å². The second-order valence-electron chi connectivity index (χ2n) is 3.53. The Kier molecular flexibility index (Phi) is 3.09. The van der Waals surface area contributed by atoms with Crippen molar-refractivity contribution in [3.8, 4) is 5.75 Å². The topological polar surface area (TPSA) is 72.6 Å². The first-order valence-corrected chi connectivity index (χ1v) is 5.01. The van der Waals surface area contributed by atoms with Gasteiger partial charge in [-0.2, -0.15) is 0 Å². The lowest BCUT2D eigenvalue weighted by Crippen LogP contribution is -1.95. The highest BCUT2D eigenvalue weighted by Gasteiger charge is 2.08. The molecule has 0 amide bonds. The number of carboxylic acids is 1. The normalized spacial score (nSPS) is 10.2. The Morgan fingerprint density at radius 2 is 2.35 bits per heavy atom. The van der Waals surface area contributed by atoms with Crippen LogP contribution in [0.5, 0.6) is 5.75 Å². The zero-order valence-corrected chi connectivity index (χ0v) is 9.21. The number of aromatic carboxylic acids is 1. The lowest BCUT2D eigenvalue weighted by Gasteiger charge is -2.03. The first kappa shape index (κ1) is 11.2. The van der Waals surface area contributed by atoms with Crippen LogP contribution in [0.15, 0.2) is 35.1 Å². The molecule has 1 N–H and O–H groups in total. The van der Waals surface area contributed by atoms with Gasteiger partial charge in [0.05, 0.1) is 11.8 Å². The minimum Gasteiger partial charge on any atom is -0.484 e. The van der Waals surface area contributed by atoms with Gasteiger partial charge >= 0.3 is 5.97 Å². The van der Waals surface area contributed by atoms with Gasteiger partial charge in [-0.15, -0.1) is 0 Å². The van der Waals surface area contributed by atoms with Crippen LogP contribution in [0.4, 0.5) is 0 Å². The van der Waals surface area contributed by atoms with Crippen LogP contribution >= 0.6 is 0 Å². The van der Waals surface area contributed by atoms with Gasteiger partial charge < -0.3 is 14.3 Å². The van der Waals surface area contributed by atoms with Gasteiger partial charge in [-0.1, -0.05) is 0 Å². The second-order valence-corrected chi connectivity index (χ2v) is 3.53. The number of hydrogen-bond donors (Lipinski definition) is 1. The van der Waals surface area contributed by atoms with Crippen molar-refractivity contribution in [2.45, 2.75) is 13.5 Å². The molecule has 2 aromatic heterocycles. The van der Waals surface area contributed by atoms with E-state index in [1.54, 1.807) is 12.3 Å². The number of pyridine rings is 1. The van der Waals surface area contributed by atoms with Crippen LogP contribution in [0.1, 0.15) is 21.8 Å². The second kappa shape index (κ2) is 4.69. The van der Waals surface area contributed by atoms with E-state index in [0.29, 0.717) is 11.5 Å². The van der Waals surface area contributed by atoms with Crippen molar-refractivity contribution in [1.29, 1.82) is 0 Å². The number of rotatable bonds is 4. The molecule has 17 heavy (non-hydrogen) atoms. The van der Waals surface area contributed by atoms with Crippen molar-refractivity contribution in [2.75, 3.05) is 0 Å². The molecule has 0 aliphatic rings. The summed E-state index contributed by atoms with van der Waals surface area (Å²) in [5.74, 6) is 0.0591. The average Bonchev–Trinajstić information content (AvgIpc) is 2.77. The Morgan fingerprint density at radius 3 is 2.94 bits per heavy atom. The summed E-state index contributed by atoms with van der Waals surface area (Å²) < 4.78 is 10.4. The van der Waals surface area contributed by atoms with E-state index in [0.717, 1.165) is 5.69 Å². The van der Waals surface area contributed by atoms with Crippen molar-refractivity contribution < 1.29 is 19.1 Å². The molecule has 0 fully saturated rings. The fourth-order valence-electron chi connectivity index (χ4n) is 1.26. The molecule has 0 radical (unpaired) electrons. The summed E-state index contributed by atoms with van der Waals surface area (Å²) in [4.78, 5) is 14.7. The zero-order valence-electron chi connectivity index (χ0n) is 9.21. The van der Waals surface area contributed by atoms with Crippen LogP contribution < -0.4 is 4.74 Å². The number of carboxylic acid groups (broad SMARTS) is 1. The number of hydrogen-bond acceptors (Lipinski definition) is 4. The highest BCUT2D eigenvalue weighted by molar-refractivity contribution is 5.87. The van der Waals surface area contributed by atoms with Crippen LogP contribution in [0.25, 0.3) is 0 Å². The van der Waals surface area contributed by atoms with Gasteiger partial charge in [0.1, 0.15) is 24.4 Å². The van der Waals surface area contributed by atoms with Crippen molar-refractivity contribution >= 4 is 5.97 Å². The van der Waals surface area contributed by atoms with E-state index in [4.69, 9.17) is 14.3 Å². The van der Waals surface area contributed by atoms with Gasteiger partial charge in [0.15, 0.2) is 0 Å². The Labute approximate surface area is 97.7 Å². The third-order valence-electron chi connectivity index (χ3n) is 2.17. The standard InChI is InChI=1S/C12H11NO4/c1-8-2-3-10(5-13-8)17-7-11-4-9(6-16-11)12(14)15/h2-6H,7H2,1H3,(H,14,15). The van der Waals surface area contributed by atoms with Gasteiger partial charge in [-0.25, -0.2) is 4.79 Å². The Morgan fingerprint density at radius 1 is 1.53 bits per heavy atom. The smallest absolute Gasteiger partial charge is 0.338 e. The third-order valence-corrected chi connectivity index (χ3v) is 2.17. The summed E-state index contributed by atoms with van der Waals surface area (Å²) in [6.45, 7) is 2.06. The van der Waals surface area contributed by atoms with E-state index in [1.807, 2.05) is 13.0 Å². The van der Waals surface area contributed by atoms with Crippen molar-refractivity contribution in [3.63, 3.8) is 0 Å². The molecule has 0 unspecified atom stereocenters. The van der Waals surface area contributed by atoms with E-state index in [-0.39, 0.29) is 12.2 Å². The maximum absolute atomic E-state index is 10.6. The number of aryl methyl sites for hydroxylation is 1. The molecule has 0 saturated heterocycles. The molecular formula is C12H11NO4. The number of aromatic nitrogens is 1. The molecule has 2 heterocycles. The molecule has 2 rings (SSSR count). The first-order chi connectivity index (χ1) is 8.15. The monoisotopic (exact) mass is 233 g/mol. The van der Waals surface area contributed by atoms with Crippen LogP contribution in [0.2, 0.25) is 0 Å². The number of nitrogens with zero attached hydrogens (tertiary/aromatic N) is 1. The maximum Gasteiger partial charge on any atom is 0.338 e. The minimum absolute atomic E-state index is 0.116. The van der Waals surface area contributed by atoms with Crippen LogP contribution in [0, 0.1) is 6.92 Å². The molecule has 5 nitrogen and oxygen atoms in total. The summed E-state index contributed by atoms with van der Waals surface area (Å²) in [6, 6.07) is 5.06. The molecule has 0 atom stereocenters. The van der Waals surface area contributed by atoms with Gasteiger partial charge in [-0.05, 0) is 25.1 Å². The largest absolute Gasteiger partial charge is 0.484 e. The van der Waals surface area contributed by atoms with E-state index in [9.17, 15) is 4.79 Å². The van der Waals surface area contributed by atoms with Gasteiger partial charge in [0.25, 0.3) is 0 Å². The van der Waals surface area contributed by atoms with E-state index in [2.05, 4.69) is 4.98 Å². The summed E-state index contributed by atoms with van der Waals surface area (Å²) >= 11 is 0. The molecule has 0 aliphatic carbocycles. The number of ether oxygens (including phenoxy) is 1. The third kappa shape index (κ3) is 2.84. The summed E-state index contributed by atoms with van der Waals surface area (Å²) in [7, 11) is 0. The Hall–Kier alpha value is -2.30. The molecule has 2 aromatic rings. The first-order valence-electron chi connectivity index (χ1n) is 5.01. The van der Waals surface area contributed by atoms with Crippen LogP contribution in [-0.2, 0) is 6.61 Å². The quantitative estimate of drug-likeness (QED) is 0.876. The number of furan rings is 1. The average molecular weight is 233 g/mol. The van der Waals surface area contributed by atoms with Crippen molar-refractivity contribution in [1.82, 2.24) is 4.98 Å². The van der Waals surface area contributed by atoms with Crippen LogP contribution in [-0.4, -0.2) is 16.1 Å². The Bertz CT molecular complexity index is 516. The van der Waals surface area contributed by atoms with Crippen molar-refractivity contribution in [2.24, 2.45) is 0 Å². The number of carbonyl (C=O) groups is 1. The molecule has 0 bridgehead atoms. The fraction of sp³-hybridized carbons (Fsp3) is 0.167. The molecule has 0 aromatic carbocycles. The lowest BCUT2D eigenvalue weighted by atomic mass is 10.3. The maximum atomic E-state index is 10.6. The predicted octanol–water partition coefficient (Wildman–Crippen LogP) is 2.26. The highest BCUT2D eigenvalue weighted by atomic mass is 16.5. The Balaban J connectivity index is 1.97. The SMILES string of the molecule is Cc1ccc(OCc2cc(C(=O)O)co2)cn1. The molecular weight excluding hydrogens is 222 g/mol. The highest BCUT2D eigenvalue weighted by Crippen LogP contribution is 2.13. The van der Waals surface area contributed by atoms with Gasteiger partial charge in [-0.3, -0.25) is 4.98 Å². The van der Waals surface area contributed by atoms with Gasteiger partial charge in [0.2, 0.25) is 0 Å². The lowest BCUT2D eigenvalue weighted by molar-refractivity contribution is 0.0696. The molecule has 88 valence electrons. The van der Waals surface area contributed by atoms with Gasteiger partial charge in [0, 0.05) is 5.69 Å². The molecule has 0 aliphatic heterocycles. The predicted molar refractivity (Wildman–Crippen MR) is 59.0 cm³/mol. The minimum atomic E-state index is -1.02. The molecule has 0 spiro atoms. The van der Waals surface area contributed by atoms with E-state index < -0.39 is 5.97 Å². The fourth-order valence-corrected chi connectivity index (χ4v) is 1.26. The molecule has 5 heteroatoms. The zero-order chi connectivity index (χ0) is 12.3. The van der Waals surface area contributed by atoms with Crippen LogP contribution in [0.3, 0.4) is 0 Å². The van der Waals surface area contributed by atoms with E-state index >= 15 is 0 Å². The molecule has 0 saturated carbocycles. The summed E-state index contributed by atoms with van der Waals surface area (Å²) in [5.41, 5.74) is 1.02.